The number of carbonyl (C=O) groups is 1. The normalized spacial score (nSPS) is 11.5. The molecule has 0 heterocycles. The minimum atomic E-state index is -3.69. The van der Waals surface area contributed by atoms with Crippen LogP contribution < -0.4 is 10.0 Å². The summed E-state index contributed by atoms with van der Waals surface area (Å²) in [6, 6.07) is 13.2. The molecule has 0 aliphatic heterocycles. The summed E-state index contributed by atoms with van der Waals surface area (Å²) in [5, 5.41) is 3.36. The van der Waals surface area contributed by atoms with Crippen LogP contribution in [-0.4, -0.2) is 26.9 Å². The van der Waals surface area contributed by atoms with Gasteiger partial charge in [-0.3, -0.25) is 4.79 Å². The van der Waals surface area contributed by atoms with E-state index in [-0.39, 0.29) is 23.4 Å². The predicted octanol–water partition coefficient (Wildman–Crippen LogP) is 3.00. The van der Waals surface area contributed by atoms with Gasteiger partial charge in [0, 0.05) is 23.2 Å². The van der Waals surface area contributed by atoms with Crippen molar-refractivity contribution in [1.29, 1.82) is 0 Å². The Hall–Kier alpha value is -1.89. The third-order valence-corrected chi connectivity index (χ3v) is 5.11. The van der Waals surface area contributed by atoms with Crippen LogP contribution in [0.3, 0.4) is 0 Å². The summed E-state index contributed by atoms with van der Waals surface area (Å²) < 4.78 is 27.4. The Kier molecular flexibility index (Phi) is 6.58. The topological polar surface area (TPSA) is 75.3 Å². The maximum atomic E-state index is 12.4. The molecule has 134 valence electrons. The molecule has 0 radical (unpaired) electrons. The molecule has 0 aliphatic carbocycles. The molecule has 2 aromatic carbocycles. The third-order valence-electron chi connectivity index (χ3n) is 3.42. The van der Waals surface area contributed by atoms with Gasteiger partial charge in [0.2, 0.25) is 10.0 Å². The van der Waals surface area contributed by atoms with E-state index in [1.165, 1.54) is 12.1 Å². The summed E-state index contributed by atoms with van der Waals surface area (Å²) in [5.41, 5.74) is 1.26. The number of halogens is 1. The van der Waals surface area contributed by atoms with Gasteiger partial charge >= 0.3 is 0 Å². The molecule has 0 atom stereocenters. The first-order chi connectivity index (χ1) is 11.8. The first-order valence-electron chi connectivity index (χ1n) is 7.93. The van der Waals surface area contributed by atoms with Gasteiger partial charge < -0.3 is 5.32 Å². The summed E-state index contributed by atoms with van der Waals surface area (Å²) in [5.74, 6) is -0.300. The standard InChI is InChI=1S/C18H21ClN2O3S/c1-13(2)21-18(22)15-6-4-8-17(12-15)25(23,24)20-10-9-14-5-3-7-16(19)11-14/h3-8,11-13,20H,9-10H2,1-2H3,(H,21,22). The molecule has 0 saturated heterocycles. The fourth-order valence-electron chi connectivity index (χ4n) is 2.26. The van der Waals surface area contributed by atoms with Gasteiger partial charge in [-0.1, -0.05) is 29.8 Å². The zero-order chi connectivity index (χ0) is 18.4. The fraction of sp³-hybridized carbons (Fsp3) is 0.278. The van der Waals surface area contributed by atoms with Crippen LogP contribution in [0.4, 0.5) is 0 Å². The maximum Gasteiger partial charge on any atom is 0.251 e. The monoisotopic (exact) mass is 380 g/mol. The molecule has 0 saturated carbocycles. The van der Waals surface area contributed by atoms with Gasteiger partial charge in [-0.15, -0.1) is 0 Å². The second-order valence-corrected chi connectivity index (χ2v) is 8.14. The first kappa shape index (κ1) is 19.4. The van der Waals surface area contributed by atoms with Gasteiger partial charge in [-0.2, -0.15) is 0 Å². The lowest BCUT2D eigenvalue weighted by molar-refractivity contribution is 0.0943. The molecular weight excluding hydrogens is 360 g/mol. The number of nitrogens with one attached hydrogen (secondary N) is 2. The lowest BCUT2D eigenvalue weighted by atomic mass is 10.2. The molecule has 2 N–H and O–H groups in total. The van der Waals surface area contributed by atoms with Crippen molar-refractivity contribution in [2.45, 2.75) is 31.2 Å². The molecule has 2 rings (SSSR count). The minimum absolute atomic E-state index is 0.0245. The second kappa shape index (κ2) is 8.47. The lowest BCUT2D eigenvalue weighted by Gasteiger charge is -2.10. The highest BCUT2D eigenvalue weighted by Crippen LogP contribution is 2.13. The van der Waals surface area contributed by atoms with Crippen LogP contribution in [0.1, 0.15) is 29.8 Å². The van der Waals surface area contributed by atoms with E-state index in [0.717, 1.165) is 5.56 Å². The van der Waals surface area contributed by atoms with Gasteiger partial charge in [0.15, 0.2) is 0 Å². The molecule has 2 aromatic rings. The average molecular weight is 381 g/mol. The predicted molar refractivity (Wildman–Crippen MR) is 99.4 cm³/mol. The molecule has 0 aliphatic rings. The van der Waals surface area contributed by atoms with E-state index in [1.807, 2.05) is 26.0 Å². The van der Waals surface area contributed by atoms with Crippen LogP contribution in [-0.2, 0) is 16.4 Å². The smallest absolute Gasteiger partial charge is 0.251 e. The lowest BCUT2D eigenvalue weighted by Crippen LogP contribution is -2.30. The van der Waals surface area contributed by atoms with E-state index in [4.69, 9.17) is 11.6 Å². The fourth-order valence-corrected chi connectivity index (χ4v) is 3.55. The number of amides is 1. The Morgan fingerprint density at radius 2 is 1.84 bits per heavy atom. The van der Waals surface area contributed by atoms with Gasteiger partial charge in [-0.05, 0) is 56.2 Å². The molecule has 0 unspecified atom stereocenters. The number of carbonyl (C=O) groups excluding carboxylic acids is 1. The van der Waals surface area contributed by atoms with Crippen LogP contribution in [0.25, 0.3) is 0 Å². The van der Waals surface area contributed by atoms with Crippen molar-refractivity contribution in [3.63, 3.8) is 0 Å². The Labute approximate surface area is 153 Å². The average Bonchev–Trinajstić information content (AvgIpc) is 2.54. The van der Waals surface area contributed by atoms with Crippen LogP contribution in [0.15, 0.2) is 53.4 Å². The van der Waals surface area contributed by atoms with Gasteiger partial charge in [-0.25, -0.2) is 13.1 Å². The van der Waals surface area contributed by atoms with Crippen molar-refractivity contribution in [1.82, 2.24) is 10.0 Å². The molecule has 0 spiro atoms. The summed E-state index contributed by atoms with van der Waals surface area (Å²) in [6.45, 7) is 3.93. The van der Waals surface area contributed by atoms with E-state index in [9.17, 15) is 13.2 Å². The molecule has 25 heavy (non-hydrogen) atoms. The number of rotatable bonds is 7. The first-order valence-corrected chi connectivity index (χ1v) is 9.79. The Morgan fingerprint density at radius 3 is 2.52 bits per heavy atom. The molecule has 5 nitrogen and oxygen atoms in total. The summed E-state index contributed by atoms with van der Waals surface area (Å²) >= 11 is 5.92. The zero-order valence-electron chi connectivity index (χ0n) is 14.1. The zero-order valence-corrected chi connectivity index (χ0v) is 15.7. The number of benzene rings is 2. The van der Waals surface area contributed by atoms with Gasteiger partial charge in [0.05, 0.1) is 4.90 Å². The van der Waals surface area contributed by atoms with E-state index in [0.29, 0.717) is 17.0 Å². The second-order valence-electron chi connectivity index (χ2n) is 5.93. The van der Waals surface area contributed by atoms with Crippen molar-refractivity contribution >= 4 is 27.5 Å². The van der Waals surface area contributed by atoms with Crippen LogP contribution in [0.2, 0.25) is 5.02 Å². The quantitative estimate of drug-likeness (QED) is 0.775. The molecule has 1 amide bonds. The number of sulfonamides is 1. The molecule has 0 bridgehead atoms. The number of hydrogen-bond donors (Lipinski definition) is 2. The Bertz CT molecular complexity index is 851. The largest absolute Gasteiger partial charge is 0.350 e. The van der Waals surface area contributed by atoms with E-state index in [2.05, 4.69) is 10.0 Å². The minimum Gasteiger partial charge on any atom is -0.350 e. The van der Waals surface area contributed by atoms with Crippen molar-refractivity contribution < 1.29 is 13.2 Å². The van der Waals surface area contributed by atoms with E-state index in [1.54, 1.807) is 24.3 Å². The summed E-state index contributed by atoms with van der Waals surface area (Å²) in [7, 11) is -3.69. The van der Waals surface area contributed by atoms with Crippen LogP contribution in [0.5, 0.6) is 0 Å². The number of hydrogen-bond acceptors (Lipinski definition) is 3. The highest BCUT2D eigenvalue weighted by Gasteiger charge is 2.16. The Morgan fingerprint density at radius 1 is 1.12 bits per heavy atom. The third kappa shape index (κ3) is 5.85. The molecule has 0 aromatic heterocycles. The summed E-state index contributed by atoms with van der Waals surface area (Å²) in [6.07, 6.45) is 0.521. The Balaban J connectivity index is 2.05. The van der Waals surface area contributed by atoms with Crippen LogP contribution >= 0.6 is 11.6 Å². The van der Waals surface area contributed by atoms with E-state index >= 15 is 0 Å². The SMILES string of the molecule is CC(C)NC(=O)c1cccc(S(=O)(=O)NCCc2cccc(Cl)c2)c1. The van der Waals surface area contributed by atoms with Crippen LogP contribution in [0, 0.1) is 0 Å². The molecule has 7 heteroatoms. The highest BCUT2D eigenvalue weighted by atomic mass is 35.5. The van der Waals surface area contributed by atoms with Crippen molar-refractivity contribution in [2.24, 2.45) is 0 Å². The van der Waals surface area contributed by atoms with Gasteiger partial charge in [0.25, 0.3) is 5.91 Å². The van der Waals surface area contributed by atoms with Crippen molar-refractivity contribution in [3.05, 3.63) is 64.7 Å². The van der Waals surface area contributed by atoms with Crippen molar-refractivity contribution in [3.8, 4) is 0 Å². The van der Waals surface area contributed by atoms with E-state index < -0.39 is 10.0 Å². The highest BCUT2D eigenvalue weighted by molar-refractivity contribution is 7.89. The molecular formula is C18H21ClN2O3S. The molecule has 0 fully saturated rings. The summed E-state index contributed by atoms with van der Waals surface area (Å²) in [4.78, 5) is 12.1. The maximum absolute atomic E-state index is 12.4. The van der Waals surface area contributed by atoms with Crippen molar-refractivity contribution in [2.75, 3.05) is 6.54 Å². The van der Waals surface area contributed by atoms with Gasteiger partial charge in [0.1, 0.15) is 0 Å².